The van der Waals surface area contributed by atoms with Gasteiger partial charge in [0, 0.05) is 51.2 Å². The second kappa shape index (κ2) is 8.94. The number of anilines is 1. The average molecular weight is 416 g/mol. The van der Waals surface area contributed by atoms with Crippen molar-refractivity contribution in [1.82, 2.24) is 25.0 Å². The van der Waals surface area contributed by atoms with E-state index in [0.717, 1.165) is 44.0 Å². The monoisotopic (exact) mass is 415 g/mol. The van der Waals surface area contributed by atoms with Gasteiger partial charge in [-0.15, -0.1) is 11.3 Å². The maximum Gasteiger partial charge on any atom is 0.246 e. The van der Waals surface area contributed by atoms with E-state index in [-0.39, 0.29) is 5.91 Å². The first-order valence-corrected chi connectivity index (χ1v) is 11.2. The maximum atomic E-state index is 12.6. The predicted molar refractivity (Wildman–Crippen MR) is 116 cm³/mol. The molecule has 1 saturated heterocycles. The number of piperazine rings is 1. The Bertz CT molecular complexity index is 864. The van der Waals surface area contributed by atoms with E-state index >= 15 is 0 Å². The highest BCUT2D eigenvalue weighted by Crippen LogP contribution is 2.27. The van der Waals surface area contributed by atoms with Gasteiger partial charge in [0.1, 0.15) is 6.54 Å². The number of aryl methyl sites for hydroxylation is 4. The smallest absolute Gasteiger partial charge is 0.246 e. The molecular formula is C20H29N7OS. The zero-order valence-electron chi connectivity index (χ0n) is 17.2. The Morgan fingerprint density at radius 1 is 1.31 bits per heavy atom. The van der Waals surface area contributed by atoms with Gasteiger partial charge in [-0.3, -0.25) is 14.5 Å². The number of hydrogen-bond donors (Lipinski definition) is 1. The number of aromatic nitrogens is 3. The number of fused-ring (bicyclic) bond motifs is 1. The van der Waals surface area contributed by atoms with Gasteiger partial charge >= 0.3 is 0 Å². The molecule has 1 aliphatic heterocycles. The Balaban J connectivity index is 1.24. The molecule has 2 aromatic heterocycles. The lowest BCUT2D eigenvalue weighted by atomic mass is 10.0. The molecular weight excluding hydrogens is 386 g/mol. The molecule has 156 valence electrons. The molecule has 9 heteroatoms. The third-order valence-electron chi connectivity index (χ3n) is 5.48. The number of nitrogens with zero attached hydrogens (tertiary/aromatic N) is 6. The van der Waals surface area contributed by atoms with Gasteiger partial charge in [0.25, 0.3) is 0 Å². The molecule has 1 fully saturated rings. The van der Waals surface area contributed by atoms with Crippen molar-refractivity contribution in [3.05, 3.63) is 28.0 Å². The van der Waals surface area contributed by atoms with Crippen LogP contribution in [0.1, 0.15) is 34.8 Å². The number of hydrogen-bond acceptors (Lipinski definition) is 5. The number of amides is 1. The van der Waals surface area contributed by atoms with Gasteiger partial charge in [-0.1, -0.05) is 0 Å². The summed E-state index contributed by atoms with van der Waals surface area (Å²) in [6.07, 6.45) is 10.5. The van der Waals surface area contributed by atoms with E-state index in [2.05, 4.69) is 15.4 Å². The summed E-state index contributed by atoms with van der Waals surface area (Å²) in [5.74, 6) is 0.864. The van der Waals surface area contributed by atoms with Crippen molar-refractivity contribution < 1.29 is 4.79 Å². The van der Waals surface area contributed by atoms with Crippen LogP contribution >= 0.6 is 11.3 Å². The van der Waals surface area contributed by atoms with Crippen molar-refractivity contribution >= 4 is 28.9 Å². The summed E-state index contributed by atoms with van der Waals surface area (Å²) in [5.41, 5.74) is 2.19. The van der Waals surface area contributed by atoms with E-state index in [9.17, 15) is 4.79 Å². The molecule has 0 radical (unpaired) electrons. The average Bonchev–Trinajstić information content (AvgIpc) is 3.33. The van der Waals surface area contributed by atoms with E-state index in [0.29, 0.717) is 13.1 Å². The van der Waals surface area contributed by atoms with Crippen LogP contribution in [-0.4, -0.2) is 64.8 Å². The third-order valence-corrected chi connectivity index (χ3v) is 6.69. The molecule has 8 nitrogen and oxygen atoms in total. The summed E-state index contributed by atoms with van der Waals surface area (Å²) in [4.78, 5) is 27.1. The minimum atomic E-state index is 0.0700. The van der Waals surface area contributed by atoms with Crippen LogP contribution in [0, 0.1) is 0 Å². The fourth-order valence-electron chi connectivity index (χ4n) is 3.96. The summed E-state index contributed by atoms with van der Waals surface area (Å²) >= 11 is 1.89. The van der Waals surface area contributed by atoms with Crippen molar-refractivity contribution in [3.63, 3.8) is 0 Å². The first-order valence-electron chi connectivity index (χ1n) is 10.4. The third kappa shape index (κ3) is 4.60. The van der Waals surface area contributed by atoms with E-state index in [4.69, 9.17) is 4.98 Å². The summed E-state index contributed by atoms with van der Waals surface area (Å²) < 4.78 is 1.72. The van der Waals surface area contributed by atoms with Crippen molar-refractivity contribution in [2.24, 2.45) is 12.0 Å². The molecule has 29 heavy (non-hydrogen) atoms. The van der Waals surface area contributed by atoms with Crippen molar-refractivity contribution in [1.29, 1.82) is 0 Å². The highest BCUT2D eigenvalue weighted by molar-refractivity contribution is 7.11. The number of thiazole rings is 1. The van der Waals surface area contributed by atoms with Crippen LogP contribution in [0.2, 0.25) is 0 Å². The lowest BCUT2D eigenvalue weighted by Gasteiger charge is -2.35. The zero-order chi connectivity index (χ0) is 20.2. The number of aliphatic imine (C=N–C) groups is 1. The van der Waals surface area contributed by atoms with Crippen molar-refractivity contribution in [2.75, 3.05) is 38.1 Å². The van der Waals surface area contributed by atoms with Crippen LogP contribution in [0.4, 0.5) is 5.69 Å². The predicted octanol–water partition coefficient (Wildman–Crippen LogP) is 1.61. The highest BCUT2D eigenvalue weighted by atomic mass is 32.1. The van der Waals surface area contributed by atoms with E-state index in [1.807, 2.05) is 29.5 Å². The van der Waals surface area contributed by atoms with Gasteiger partial charge in [0.2, 0.25) is 5.91 Å². The standard InChI is InChI=1S/C20H29N7OS/c1-21-20(22-9-5-8-18-24-16-6-3-4-7-17(16)29-18)26-10-11-27(19(28)14-26)15-12-23-25(2)13-15/h12-13H,3-11,14H2,1-2H3,(H,21,22). The minimum Gasteiger partial charge on any atom is -0.356 e. The molecule has 2 aliphatic rings. The van der Waals surface area contributed by atoms with Crippen LogP contribution in [0.15, 0.2) is 17.4 Å². The Kier molecular flexibility index (Phi) is 6.13. The molecule has 1 aliphatic carbocycles. The Labute approximate surface area is 175 Å². The summed E-state index contributed by atoms with van der Waals surface area (Å²) in [6.45, 7) is 2.54. The SMILES string of the molecule is CN=C(NCCCc1nc2c(s1)CCCC2)N1CCN(c2cnn(C)c2)C(=O)C1. The molecule has 2 aromatic rings. The molecule has 0 unspecified atom stereocenters. The van der Waals surface area contributed by atoms with E-state index in [1.165, 1.54) is 34.8 Å². The van der Waals surface area contributed by atoms with Crippen LogP contribution in [0.5, 0.6) is 0 Å². The fraction of sp³-hybridized carbons (Fsp3) is 0.600. The summed E-state index contributed by atoms with van der Waals surface area (Å²) in [7, 11) is 3.63. The molecule has 0 spiro atoms. The highest BCUT2D eigenvalue weighted by Gasteiger charge is 2.27. The Morgan fingerprint density at radius 3 is 2.90 bits per heavy atom. The summed E-state index contributed by atoms with van der Waals surface area (Å²) in [5, 5.41) is 8.84. The van der Waals surface area contributed by atoms with Crippen molar-refractivity contribution in [2.45, 2.75) is 38.5 Å². The first kappa shape index (κ1) is 19.9. The van der Waals surface area contributed by atoms with Gasteiger partial charge in [-0.05, 0) is 32.1 Å². The number of carbonyl (C=O) groups is 1. The van der Waals surface area contributed by atoms with Crippen LogP contribution < -0.4 is 10.2 Å². The Morgan fingerprint density at radius 2 is 2.17 bits per heavy atom. The molecule has 4 rings (SSSR count). The lowest BCUT2D eigenvalue weighted by molar-refractivity contribution is -0.120. The van der Waals surface area contributed by atoms with Gasteiger partial charge in [-0.25, -0.2) is 4.98 Å². The minimum absolute atomic E-state index is 0.0700. The molecule has 0 saturated carbocycles. The van der Waals surface area contributed by atoms with Crippen LogP contribution in [0.3, 0.4) is 0 Å². The van der Waals surface area contributed by atoms with Gasteiger partial charge in [0.05, 0.1) is 22.6 Å². The molecule has 1 amide bonds. The molecule has 3 heterocycles. The van der Waals surface area contributed by atoms with E-state index in [1.54, 1.807) is 22.8 Å². The van der Waals surface area contributed by atoms with Crippen LogP contribution in [0.25, 0.3) is 0 Å². The second-order valence-electron chi connectivity index (χ2n) is 7.60. The maximum absolute atomic E-state index is 12.6. The summed E-state index contributed by atoms with van der Waals surface area (Å²) in [6, 6.07) is 0. The van der Waals surface area contributed by atoms with Gasteiger partial charge in [0.15, 0.2) is 5.96 Å². The second-order valence-corrected chi connectivity index (χ2v) is 8.77. The topological polar surface area (TPSA) is 78.7 Å². The fourth-order valence-corrected chi connectivity index (χ4v) is 5.16. The molecule has 0 aromatic carbocycles. The molecule has 0 bridgehead atoms. The number of carbonyl (C=O) groups excluding carboxylic acids is 1. The van der Waals surface area contributed by atoms with Crippen LogP contribution in [-0.2, 0) is 31.1 Å². The number of nitrogens with one attached hydrogen (secondary N) is 1. The largest absolute Gasteiger partial charge is 0.356 e. The van der Waals surface area contributed by atoms with E-state index < -0.39 is 0 Å². The number of guanidine groups is 1. The van der Waals surface area contributed by atoms with Gasteiger partial charge < -0.3 is 15.1 Å². The Hall–Kier alpha value is -2.42. The molecule has 1 N–H and O–H groups in total. The molecule has 0 atom stereocenters. The number of rotatable bonds is 5. The van der Waals surface area contributed by atoms with Crippen molar-refractivity contribution in [3.8, 4) is 0 Å². The lowest BCUT2D eigenvalue weighted by Crippen LogP contribution is -2.55. The zero-order valence-corrected chi connectivity index (χ0v) is 18.0. The first-order chi connectivity index (χ1) is 14.1. The quantitative estimate of drug-likeness (QED) is 0.456. The normalized spacial score (nSPS) is 17.6. The van der Waals surface area contributed by atoms with Gasteiger partial charge in [-0.2, -0.15) is 5.10 Å².